The zero-order valence-electron chi connectivity index (χ0n) is 16.5. The summed E-state index contributed by atoms with van der Waals surface area (Å²) in [5.74, 6) is -0.269. The van der Waals surface area contributed by atoms with Gasteiger partial charge in [0.2, 0.25) is 0 Å². The fraction of sp³-hybridized carbons (Fsp3) is 0.318. The molecular weight excluding hydrogens is 400 g/mol. The fourth-order valence-electron chi connectivity index (χ4n) is 3.12. The van der Waals surface area contributed by atoms with E-state index in [1.54, 1.807) is 12.3 Å². The number of nitrogens with one attached hydrogen (secondary N) is 2. The van der Waals surface area contributed by atoms with Crippen LogP contribution in [-0.2, 0) is 22.7 Å². The Morgan fingerprint density at radius 3 is 2.97 bits per heavy atom. The predicted molar refractivity (Wildman–Crippen MR) is 114 cm³/mol. The molecule has 156 valence electrons. The van der Waals surface area contributed by atoms with E-state index in [0.717, 1.165) is 47.6 Å². The lowest BCUT2D eigenvalue weighted by Crippen LogP contribution is -2.32. The lowest BCUT2D eigenvalue weighted by Gasteiger charge is -2.21. The topological polar surface area (TPSA) is 85.4 Å². The first kappa shape index (κ1) is 20.6. The van der Waals surface area contributed by atoms with E-state index in [9.17, 15) is 4.79 Å². The van der Waals surface area contributed by atoms with Gasteiger partial charge in [0.25, 0.3) is 5.91 Å². The Hall–Kier alpha value is -2.65. The maximum absolute atomic E-state index is 12.4. The van der Waals surface area contributed by atoms with Gasteiger partial charge in [-0.1, -0.05) is 12.1 Å². The molecule has 0 aromatic carbocycles. The lowest BCUT2D eigenvalue weighted by atomic mass is 10.2. The van der Waals surface area contributed by atoms with E-state index in [2.05, 4.69) is 15.8 Å². The van der Waals surface area contributed by atoms with Crippen LogP contribution in [0.4, 0.5) is 0 Å². The number of hydrogen-bond acceptors (Lipinski definition) is 7. The molecule has 1 unspecified atom stereocenters. The zero-order valence-corrected chi connectivity index (χ0v) is 17.4. The van der Waals surface area contributed by atoms with Crippen LogP contribution in [0.5, 0.6) is 0 Å². The molecule has 1 amide bonds. The minimum Gasteiger partial charge on any atom is -0.350 e. The molecule has 4 rings (SSSR count). The van der Waals surface area contributed by atoms with Crippen molar-refractivity contribution < 1.29 is 14.4 Å². The molecule has 0 bridgehead atoms. The van der Waals surface area contributed by atoms with E-state index >= 15 is 0 Å². The SMILES string of the molecule is O=C(NOC1CCCCO1)c1ccc(-c2cccc(CNCc3cccnc3)n2)s1. The molecule has 2 N–H and O–H groups in total. The van der Waals surface area contributed by atoms with Crippen molar-refractivity contribution >= 4 is 17.2 Å². The summed E-state index contributed by atoms with van der Waals surface area (Å²) in [5, 5.41) is 3.38. The van der Waals surface area contributed by atoms with Gasteiger partial charge in [-0.15, -0.1) is 11.3 Å². The molecule has 1 atom stereocenters. The van der Waals surface area contributed by atoms with Crippen LogP contribution in [0.25, 0.3) is 10.6 Å². The molecule has 3 aromatic rings. The number of rotatable bonds is 8. The first-order valence-electron chi connectivity index (χ1n) is 10.0. The van der Waals surface area contributed by atoms with E-state index in [-0.39, 0.29) is 12.2 Å². The number of amides is 1. The van der Waals surface area contributed by atoms with Gasteiger partial charge in [-0.25, -0.2) is 10.3 Å². The van der Waals surface area contributed by atoms with E-state index in [4.69, 9.17) is 14.6 Å². The highest BCUT2D eigenvalue weighted by Gasteiger charge is 2.17. The van der Waals surface area contributed by atoms with Crippen molar-refractivity contribution in [1.82, 2.24) is 20.8 Å². The van der Waals surface area contributed by atoms with Gasteiger partial charge in [-0.05, 0) is 48.7 Å². The molecule has 3 aromatic heterocycles. The van der Waals surface area contributed by atoms with Gasteiger partial charge >= 0.3 is 0 Å². The van der Waals surface area contributed by atoms with E-state index in [1.165, 1.54) is 11.3 Å². The molecule has 7 nitrogen and oxygen atoms in total. The summed E-state index contributed by atoms with van der Waals surface area (Å²) >= 11 is 1.39. The Morgan fingerprint density at radius 2 is 2.13 bits per heavy atom. The standard InChI is InChI=1S/C22H24N4O3S/c27-22(26-29-21-8-1-2-12-28-21)20-10-9-19(30-20)18-7-3-6-17(25-18)15-24-14-16-5-4-11-23-13-16/h3-7,9-11,13,21,24H,1-2,8,12,14-15H2,(H,26,27). The smallest absolute Gasteiger partial charge is 0.285 e. The minimum atomic E-state index is -0.361. The quantitative estimate of drug-likeness (QED) is 0.537. The third kappa shape index (κ3) is 5.70. The third-order valence-electron chi connectivity index (χ3n) is 4.67. The summed E-state index contributed by atoms with van der Waals surface area (Å²) in [4.78, 5) is 28.1. The number of thiophene rings is 1. The summed E-state index contributed by atoms with van der Waals surface area (Å²) in [6.45, 7) is 2.05. The van der Waals surface area contributed by atoms with Gasteiger partial charge in [-0.3, -0.25) is 14.8 Å². The van der Waals surface area contributed by atoms with Gasteiger partial charge in [0, 0.05) is 38.5 Å². The normalized spacial score (nSPS) is 16.3. The van der Waals surface area contributed by atoms with Crippen LogP contribution in [0.3, 0.4) is 0 Å². The Kier molecular flexibility index (Phi) is 7.15. The molecule has 1 fully saturated rings. The average Bonchev–Trinajstić information content (AvgIpc) is 3.30. The van der Waals surface area contributed by atoms with Gasteiger partial charge in [0.1, 0.15) is 0 Å². The maximum atomic E-state index is 12.4. The molecule has 1 aliphatic heterocycles. The Balaban J connectivity index is 1.32. The summed E-state index contributed by atoms with van der Waals surface area (Å²) in [5.41, 5.74) is 5.41. The summed E-state index contributed by atoms with van der Waals surface area (Å²) in [6.07, 6.45) is 6.12. The van der Waals surface area contributed by atoms with Crippen LogP contribution in [0.2, 0.25) is 0 Å². The molecule has 4 heterocycles. The molecule has 30 heavy (non-hydrogen) atoms. The van der Waals surface area contributed by atoms with Crippen molar-refractivity contribution in [3.8, 4) is 10.6 Å². The Labute approximate surface area is 179 Å². The van der Waals surface area contributed by atoms with Crippen LogP contribution in [0.1, 0.15) is 40.2 Å². The van der Waals surface area contributed by atoms with Crippen molar-refractivity contribution in [2.45, 2.75) is 38.6 Å². The molecule has 0 aliphatic carbocycles. The number of aromatic nitrogens is 2. The molecule has 0 radical (unpaired) electrons. The van der Waals surface area contributed by atoms with Gasteiger partial charge < -0.3 is 10.1 Å². The number of hydrogen-bond donors (Lipinski definition) is 2. The molecule has 8 heteroatoms. The van der Waals surface area contributed by atoms with Crippen LogP contribution in [-0.4, -0.2) is 28.8 Å². The van der Waals surface area contributed by atoms with E-state index in [0.29, 0.717) is 18.0 Å². The number of hydroxylamine groups is 1. The number of carbonyl (C=O) groups is 1. The van der Waals surface area contributed by atoms with Crippen molar-refractivity contribution in [3.05, 3.63) is 71.0 Å². The van der Waals surface area contributed by atoms with Crippen LogP contribution in [0.15, 0.2) is 54.9 Å². The van der Waals surface area contributed by atoms with Crippen LogP contribution >= 0.6 is 11.3 Å². The number of carbonyl (C=O) groups excluding carboxylic acids is 1. The Bertz CT molecular complexity index is 958. The molecule has 0 saturated carbocycles. The minimum absolute atomic E-state index is 0.269. The van der Waals surface area contributed by atoms with Crippen molar-refractivity contribution in [2.24, 2.45) is 0 Å². The highest BCUT2D eigenvalue weighted by Crippen LogP contribution is 2.27. The molecular formula is C22H24N4O3S. The number of ether oxygens (including phenoxy) is 1. The first-order chi connectivity index (χ1) is 14.8. The second kappa shape index (κ2) is 10.4. The largest absolute Gasteiger partial charge is 0.350 e. The molecule has 1 aliphatic rings. The van der Waals surface area contributed by atoms with Crippen molar-refractivity contribution in [1.29, 1.82) is 0 Å². The van der Waals surface area contributed by atoms with Gasteiger partial charge in [0.05, 0.1) is 21.1 Å². The number of nitrogens with zero attached hydrogens (tertiary/aromatic N) is 2. The second-order valence-corrected chi connectivity index (χ2v) is 8.07. The third-order valence-corrected chi connectivity index (χ3v) is 5.77. The highest BCUT2D eigenvalue weighted by molar-refractivity contribution is 7.17. The predicted octanol–water partition coefficient (Wildman–Crippen LogP) is 3.68. The monoisotopic (exact) mass is 424 g/mol. The van der Waals surface area contributed by atoms with Crippen molar-refractivity contribution in [2.75, 3.05) is 6.61 Å². The first-order valence-corrected chi connectivity index (χ1v) is 10.8. The number of pyridine rings is 2. The summed E-state index contributed by atoms with van der Waals surface area (Å²) < 4.78 is 5.46. The van der Waals surface area contributed by atoms with E-state index in [1.807, 2.05) is 42.6 Å². The molecule has 0 spiro atoms. The van der Waals surface area contributed by atoms with Crippen molar-refractivity contribution in [3.63, 3.8) is 0 Å². The summed E-state index contributed by atoms with van der Waals surface area (Å²) in [6, 6.07) is 13.6. The molecule has 1 saturated heterocycles. The van der Waals surface area contributed by atoms with E-state index < -0.39 is 0 Å². The van der Waals surface area contributed by atoms with Crippen LogP contribution in [0, 0.1) is 0 Å². The highest BCUT2D eigenvalue weighted by atomic mass is 32.1. The Morgan fingerprint density at radius 1 is 1.17 bits per heavy atom. The van der Waals surface area contributed by atoms with Gasteiger partial charge in [-0.2, -0.15) is 0 Å². The lowest BCUT2D eigenvalue weighted by molar-refractivity contribution is -0.186. The fourth-order valence-corrected chi connectivity index (χ4v) is 3.99. The zero-order chi connectivity index (χ0) is 20.6. The summed E-state index contributed by atoms with van der Waals surface area (Å²) in [7, 11) is 0. The maximum Gasteiger partial charge on any atom is 0.285 e. The van der Waals surface area contributed by atoms with Crippen LogP contribution < -0.4 is 10.8 Å². The van der Waals surface area contributed by atoms with Gasteiger partial charge in [0.15, 0.2) is 6.29 Å². The average molecular weight is 425 g/mol. The second-order valence-electron chi connectivity index (χ2n) is 6.99.